The number of nitrogens with zero attached hydrogens (tertiary/aromatic N) is 2. The Kier molecular flexibility index (Phi) is 9.69. The zero-order valence-electron chi connectivity index (χ0n) is 23.4. The minimum atomic E-state index is -4.01. The Balaban J connectivity index is 1.37. The summed E-state index contributed by atoms with van der Waals surface area (Å²) < 4.78 is 66.0. The first-order valence-corrected chi connectivity index (χ1v) is 16.1. The van der Waals surface area contributed by atoms with Gasteiger partial charge in [0.1, 0.15) is 18.9 Å². The van der Waals surface area contributed by atoms with Crippen LogP contribution in [0.5, 0.6) is 5.75 Å². The Morgan fingerprint density at radius 3 is 2.15 bits per heavy atom. The molecule has 1 N–H and O–H groups in total. The highest BCUT2D eigenvalue weighted by atomic mass is 32.2. The summed E-state index contributed by atoms with van der Waals surface area (Å²) in [6.07, 6.45) is 0. The third-order valence-corrected chi connectivity index (χ3v) is 10.5. The van der Waals surface area contributed by atoms with E-state index in [2.05, 4.69) is 5.32 Å². The largest absolute Gasteiger partial charge is 0.492 e. The van der Waals surface area contributed by atoms with Crippen LogP contribution in [0.4, 0.5) is 5.69 Å². The van der Waals surface area contributed by atoms with Crippen LogP contribution in [0.25, 0.3) is 0 Å². The molecule has 10 nitrogen and oxygen atoms in total. The molecular weight excluding hydrogens is 566 g/mol. The molecule has 3 aromatic carbocycles. The van der Waals surface area contributed by atoms with Crippen LogP contribution in [0.15, 0.2) is 76.5 Å². The lowest BCUT2D eigenvalue weighted by molar-refractivity contribution is -0.119. The molecule has 1 aliphatic rings. The third-order valence-electron chi connectivity index (χ3n) is 6.80. The maximum Gasteiger partial charge on any atom is 0.264 e. The molecule has 220 valence electrons. The number of rotatable bonds is 11. The molecule has 1 amide bonds. The van der Waals surface area contributed by atoms with Crippen molar-refractivity contribution in [3.63, 3.8) is 0 Å². The van der Waals surface area contributed by atoms with Crippen LogP contribution in [0, 0.1) is 20.8 Å². The van der Waals surface area contributed by atoms with Crippen molar-refractivity contribution in [2.24, 2.45) is 0 Å². The van der Waals surface area contributed by atoms with Gasteiger partial charge < -0.3 is 14.8 Å². The molecule has 0 bridgehead atoms. The lowest BCUT2D eigenvalue weighted by Gasteiger charge is -2.26. The normalized spacial score (nSPS) is 14.4. The Bertz CT molecular complexity index is 1570. The summed E-state index contributed by atoms with van der Waals surface area (Å²) in [5.74, 6) is -0.0478. The second-order valence-electron chi connectivity index (χ2n) is 9.78. The Labute approximate surface area is 242 Å². The van der Waals surface area contributed by atoms with Crippen LogP contribution in [-0.4, -0.2) is 73.0 Å². The summed E-state index contributed by atoms with van der Waals surface area (Å²) in [7, 11) is -7.61. The maximum absolute atomic E-state index is 13.6. The van der Waals surface area contributed by atoms with Crippen molar-refractivity contribution >= 4 is 31.6 Å². The molecule has 0 atom stereocenters. The van der Waals surface area contributed by atoms with Gasteiger partial charge in [-0.1, -0.05) is 23.8 Å². The van der Waals surface area contributed by atoms with Gasteiger partial charge in [0, 0.05) is 13.1 Å². The van der Waals surface area contributed by atoms with E-state index in [1.54, 1.807) is 36.4 Å². The quantitative estimate of drug-likeness (QED) is 0.335. The Morgan fingerprint density at radius 2 is 1.51 bits per heavy atom. The molecule has 4 rings (SSSR count). The van der Waals surface area contributed by atoms with E-state index in [9.17, 15) is 21.6 Å². The van der Waals surface area contributed by atoms with Crippen molar-refractivity contribution in [2.45, 2.75) is 30.6 Å². The van der Waals surface area contributed by atoms with Crippen LogP contribution in [0.1, 0.15) is 16.7 Å². The zero-order chi connectivity index (χ0) is 29.6. The molecule has 0 radical (unpaired) electrons. The van der Waals surface area contributed by atoms with Gasteiger partial charge in [-0.2, -0.15) is 4.31 Å². The van der Waals surface area contributed by atoms with E-state index in [4.69, 9.17) is 9.47 Å². The van der Waals surface area contributed by atoms with E-state index in [-0.39, 0.29) is 22.9 Å². The van der Waals surface area contributed by atoms with E-state index < -0.39 is 32.5 Å². The fraction of sp³-hybridized carbons (Fsp3) is 0.345. The molecule has 0 saturated carbocycles. The second-order valence-corrected chi connectivity index (χ2v) is 13.6. The van der Waals surface area contributed by atoms with Gasteiger partial charge in [-0.25, -0.2) is 16.8 Å². The number of amides is 1. The number of benzene rings is 3. The first kappa shape index (κ1) is 30.5. The van der Waals surface area contributed by atoms with E-state index in [0.717, 1.165) is 21.0 Å². The summed E-state index contributed by atoms with van der Waals surface area (Å²) in [6.45, 7) is 6.87. The number of morpholine rings is 1. The van der Waals surface area contributed by atoms with E-state index in [1.807, 2.05) is 26.8 Å². The number of ether oxygens (including phenoxy) is 2. The third kappa shape index (κ3) is 7.45. The van der Waals surface area contributed by atoms with Crippen molar-refractivity contribution < 1.29 is 31.1 Å². The number of anilines is 1. The average molecular weight is 602 g/mol. The molecule has 1 fully saturated rings. The number of sulfonamides is 2. The van der Waals surface area contributed by atoms with Crippen LogP contribution in [0.2, 0.25) is 0 Å². The molecule has 1 aliphatic heterocycles. The fourth-order valence-electron chi connectivity index (χ4n) is 4.22. The molecule has 41 heavy (non-hydrogen) atoms. The fourth-order valence-corrected chi connectivity index (χ4v) is 7.04. The Hall–Kier alpha value is -3.45. The molecule has 0 unspecified atom stereocenters. The minimum absolute atomic E-state index is 0.0940. The molecule has 0 aromatic heterocycles. The van der Waals surface area contributed by atoms with Crippen molar-refractivity contribution in [1.82, 2.24) is 9.62 Å². The summed E-state index contributed by atoms with van der Waals surface area (Å²) >= 11 is 0. The van der Waals surface area contributed by atoms with Gasteiger partial charge in [0.15, 0.2) is 0 Å². The standard InChI is InChI=1S/C29H35N3O7S2/c1-22-4-10-28(11-5-22)41(36,37)32(25-7-6-23(2)24(3)20-25)21-29(33)30-14-17-39-26-8-12-27(13-9-26)40(34,35)31-15-18-38-19-16-31/h4-13,20H,14-19,21H2,1-3H3,(H,30,33). The molecular formula is C29H35N3O7S2. The van der Waals surface area contributed by atoms with Gasteiger partial charge in [-0.15, -0.1) is 0 Å². The molecule has 3 aromatic rings. The monoisotopic (exact) mass is 601 g/mol. The molecule has 1 saturated heterocycles. The molecule has 0 spiro atoms. The maximum atomic E-state index is 13.6. The molecule has 0 aliphatic carbocycles. The van der Waals surface area contributed by atoms with E-state index >= 15 is 0 Å². The van der Waals surface area contributed by atoms with Crippen LogP contribution >= 0.6 is 0 Å². The predicted octanol–water partition coefficient (Wildman–Crippen LogP) is 3.02. The first-order chi connectivity index (χ1) is 19.5. The topological polar surface area (TPSA) is 122 Å². The van der Waals surface area contributed by atoms with Gasteiger partial charge in [0.2, 0.25) is 15.9 Å². The predicted molar refractivity (Wildman–Crippen MR) is 156 cm³/mol. The van der Waals surface area contributed by atoms with Crippen LogP contribution < -0.4 is 14.4 Å². The number of aryl methyl sites for hydroxylation is 3. The van der Waals surface area contributed by atoms with E-state index in [1.165, 1.54) is 28.6 Å². The van der Waals surface area contributed by atoms with Crippen LogP contribution in [-0.2, 0) is 29.6 Å². The second kappa shape index (κ2) is 13.0. The zero-order valence-corrected chi connectivity index (χ0v) is 25.0. The summed E-state index contributed by atoms with van der Waals surface area (Å²) in [6, 6.07) is 17.8. The molecule has 12 heteroatoms. The van der Waals surface area contributed by atoms with Gasteiger partial charge in [0.05, 0.1) is 35.2 Å². The number of carbonyl (C=O) groups excluding carboxylic acids is 1. The van der Waals surface area contributed by atoms with Crippen LogP contribution in [0.3, 0.4) is 0 Å². The van der Waals surface area contributed by atoms with Gasteiger partial charge >= 0.3 is 0 Å². The average Bonchev–Trinajstić information content (AvgIpc) is 2.96. The van der Waals surface area contributed by atoms with Crippen molar-refractivity contribution in [1.29, 1.82) is 0 Å². The summed E-state index contributed by atoms with van der Waals surface area (Å²) in [4.78, 5) is 13.1. The highest BCUT2D eigenvalue weighted by Crippen LogP contribution is 2.26. The van der Waals surface area contributed by atoms with Gasteiger partial charge in [0.25, 0.3) is 10.0 Å². The summed E-state index contributed by atoms with van der Waals surface area (Å²) in [5, 5.41) is 2.71. The Morgan fingerprint density at radius 1 is 0.878 bits per heavy atom. The smallest absolute Gasteiger partial charge is 0.264 e. The SMILES string of the molecule is Cc1ccc(S(=O)(=O)N(CC(=O)NCCOc2ccc(S(=O)(=O)N3CCOCC3)cc2)c2ccc(C)c(C)c2)cc1. The first-order valence-electron chi connectivity index (χ1n) is 13.2. The number of carbonyl (C=O) groups is 1. The van der Waals surface area contributed by atoms with Gasteiger partial charge in [-0.3, -0.25) is 9.10 Å². The lowest BCUT2D eigenvalue weighted by Crippen LogP contribution is -2.42. The van der Waals surface area contributed by atoms with Crippen molar-refractivity contribution in [2.75, 3.05) is 50.3 Å². The summed E-state index contributed by atoms with van der Waals surface area (Å²) in [5.41, 5.74) is 3.24. The van der Waals surface area contributed by atoms with Gasteiger partial charge in [-0.05, 0) is 80.4 Å². The lowest BCUT2D eigenvalue weighted by atomic mass is 10.1. The number of hydrogen-bond acceptors (Lipinski definition) is 7. The highest BCUT2D eigenvalue weighted by Gasteiger charge is 2.28. The molecule has 1 heterocycles. The number of nitrogens with one attached hydrogen (secondary N) is 1. The van der Waals surface area contributed by atoms with Crippen molar-refractivity contribution in [3.05, 3.63) is 83.4 Å². The number of hydrogen-bond donors (Lipinski definition) is 1. The van der Waals surface area contributed by atoms with E-state index in [0.29, 0.717) is 37.7 Å². The highest BCUT2D eigenvalue weighted by molar-refractivity contribution is 7.92. The van der Waals surface area contributed by atoms with Crippen molar-refractivity contribution in [3.8, 4) is 5.75 Å². The minimum Gasteiger partial charge on any atom is -0.492 e.